The summed E-state index contributed by atoms with van der Waals surface area (Å²) in [5.41, 5.74) is 4.50. The van der Waals surface area contributed by atoms with Crippen molar-refractivity contribution in [3.05, 3.63) is 105 Å². The minimum atomic E-state index is -0.509. The molecule has 43 heavy (non-hydrogen) atoms. The van der Waals surface area contributed by atoms with E-state index in [2.05, 4.69) is 16.0 Å². The molecule has 6 rings (SSSR count). The molecule has 3 aromatic carbocycles. The Kier molecular flexibility index (Phi) is 6.94. The second-order valence-electron chi connectivity index (χ2n) is 10.4. The van der Waals surface area contributed by atoms with E-state index in [1.807, 2.05) is 29.2 Å². The van der Waals surface area contributed by atoms with Gasteiger partial charge < -0.3 is 15.5 Å². The van der Waals surface area contributed by atoms with E-state index < -0.39 is 22.8 Å². The first-order valence-corrected chi connectivity index (χ1v) is 13.6. The van der Waals surface area contributed by atoms with E-state index >= 15 is 0 Å². The Morgan fingerprint density at radius 2 is 1.72 bits per heavy atom. The largest absolute Gasteiger partial charge is 0.354 e. The fraction of sp³-hybridized carbons (Fsp3) is 0.161. The number of likely N-dealkylation sites (tertiary alicyclic amines) is 1. The molecule has 0 aromatic heterocycles. The number of urea groups is 1. The second-order valence-corrected chi connectivity index (χ2v) is 10.4. The van der Waals surface area contributed by atoms with Crippen LogP contribution in [0.2, 0.25) is 0 Å². The number of amides is 5. The third kappa shape index (κ3) is 5.33. The number of rotatable bonds is 7. The normalized spacial score (nSPS) is 18.2. The quantitative estimate of drug-likeness (QED) is 0.165. The number of carbonyl (C=O) groups is 4. The average Bonchev–Trinajstić information content (AvgIpc) is 3.62. The predicted octanol–water partition coefficient (Wildman–Crippen LogP) is 4.17. The maximum atomic E-state index is 13.3. The highest BCUT2D eigenvalue weighted by molar-refractivity contribution is 6.37. The molecule has 3 heterocycles. The number of fused-ring (bicyclic) bond motifs is 1. The van der Waals surface area contributed by atoms with Gasteiger partial charge in [-0.15, -0.1) is 0 Å². The molecule has 216 valence electrons. The molecule has 3 aliphatic heterocycles. The first kappa shape index (κ1) is 27.4. The van der Waals surface area contributed by atoms with Crippen molar-refractivity contribution in [2.24, 2.45) is 0 Å². The molecule has 0 saturated carbocycles. The summed E-state index contributed by atoms with van der Waals surface area (Å²) in [4.78, 5) is 63.3. The number of hydrogen-bond donors (Lipinski definition) is 3. The summed E-state index contributed by atoms with van der Waals surface area (Å²) in [6.45, 7) is 1.21. The molecule has 0 spiro atoms. The Balaban J connectivity index is 1.37. The van der Waals surface area contributed by atoms with Gasteiger partial charge in [0.2, 0.25) is 5.91 Å². The molecule has 3 N–H and O–H groups in total. The Morgan fingerprint density at radius 1 is 0.977 bits per heavy atom. The van der Waals surface area contributed by atoms with Gasteiger partial charge in [-0.1, -0.05) is 36.4 Å². The summed E-state index contributed by atoms with van der Waals surface area (Å²) < 4.78 is 0. The highest BCUT2D eigenvalue weighted by Gasteiger charge is 2.31. The van der Waals surface area contributed by atoms with E-state index in [0.29, 0.717) is 46.7 Å². The third-order valence-corrected chi connectivity index (χ3v) is 7.60. The summed E-state index contributed by atoms with van der Waals surface area (Å²) in [6.07, 6.45) is 2.99. The molecular weight excluding hydrogens is 552 g/mol. The van der Waals surface area contributed by atoms with Crippen molar-refractivity contribution in [3.63, 3.8) is 0 Å². The van der Waals surface area contributed by atoms with Crippen molar-refractivity contribution in [1.82, 2.24) is 15.1 Å². The summed E-state index contributed by atoms with van der Waals surface area (Å²) in [7, 11) is 1.50. The van der Waals surface area contributed by atoms with Crippen molar-refractivity contribution < 1.29 is 24.1 Å². The lowest BCUT2D eigenvalue weighted by Gasteiger charge is -2.18. The van der Waals surface area contributed by atoms with E-state index in [1.54, 1.807) is 30.3 Å². The van der Waals surface area contributed by atoms with Crippen LogP contribution in [-0.2, 0) is 20.9 Å². The van der Waals surface area contributed by atoms with Gasteiger partial charge in [0.25, 0.3) is 17.5 Å². The maximum Gasteiger partial charge on any atom is 0.328 e. The summed E-state index contributed by atoms with van der Waals surface area (Å²) in [6, 6.07) is 18.2. The highest BCUT2D eigenvalue weighted by Crippen LogP contribution is 2.39. The molecular formula is C31H26N6O6. The maximum absolute atomic E-state index is 13.3. The average molecular weight is 579 g/mol. The van der Waals surface area contributed by atoms with Gasteiger partial charge in [-0.05, 0) is 47.4 Å². The van der Waals surface area contributed by atoms with Gasteiger partial charge in [-0.2, -0.15) is 0 Å². The first-order valence-electron chi connectivity index (χ1n) is 13.6. The number of nitro groups is 1. The number of carbonyl (C=O) groups excluding carboxylic acids is 4. The van der Waals surface area contributed by atoms with Crippen molar-refractivity contribution in [3.8, 4) is 0 Å². The summed E-state index contributed by atoms with van der Waals surface area (Å²) in [5, 5.41) is 19.9. The minimum absolute atomic E-state index is 0.125. The highest BCUT2D eigenvalue weighted by atomic mass is 16.6. The Morgan fingerprint density at radius 3 is 2.35 bits per heavy atom. The number of non-ortho nitro benzene ring substituents is 1. The van der Waals surface area contributed by atoms with Gasteiger partial charge in [0.1, 0.15) is 5.70 Å². The molecule has 0 atom stereocenters. The molecule has 0 aliphatic carbocycles. The summed E-state index contributed by atoms with van der Waals surface area (Å²) >= 11 is 0. The van der Waals surface area contributed by atoms with Crippen LogP contribution in [0.4, 0.5) is 21.9 Å². The van der Waals surface area contributed by atoms with Gasteiger partial charge in [0, 0.05) is 55.6 Å². The number of hydrogen-bond acceptors (Lipinski definition) is 7. The number of likely N-dealkylation sites (N-methyl/N-ethyl adjacent to an activating group) is 1. The lowest BCUT2D eigenvalue weighted by molar-refractivity contribution is -0.384. The van der Waals surface area contributed by atoms with Gasteiger partial charge in [-0.25, -0.2) is 4.79 Å². The van der Waals surface area contributed by atoms with Crippen molar-refractivity contribution in [2.45, 2.75) is 19.4 Å². The van der Waals surface area contributed by atoms with Crippen LogP contribution in [0.5, 0.6) is 0 Å². The lowest BCUT2D eigenvalue weighted by atomic mass is 9.98. The number of anilines is 2. The van der Waals surface area contributed by atoms with Crippen LogP contribution in [0.1, 0.15) is 35.1 Å². The SMILES string of the molecule is CN1C(=O)NC(=O)/C1=C/c1ccc(N/C(=C2\C(=O)Nc3ccc([N+](=O)[O-])cc32)c2ccc(CN3CCCC3=O)cc2)cc1. The predicted molar refractivity (Wildman–Crippen MR) is 159 cm³/mol. The molecule has 5 amide bonds. The van der Waals surface area contributed by atoms with Gasteiger partial charge in [-0.3, -0.25) is 34.7 Å². The van der Waals surface area contributed by atoms with Gasteiger partial charge >= 0.3 is 6.03 Å². The zero-order chi connectivity index (χ0) is 30.2. The van der Waals surface area contributed by atoms with Crippen molar-refractivity contribution in [2.75, 3.05) is 24.2 Å². The van der Waals surface area contributed by atoms with Crippen molar-refractivity contribution in [1.29, 1.82) is 0 Å². The van der Waals surface area contributed by atoms with Crippen LogP contribution in [0.15, 0.2) is 72.4 Å². The van der Waals surface area contributed by atoms with E-state index in [9.17, 15) is 29.3 Å². The number of nitrogens with zero attached hydrogens (tertiary/aromatic N) is 3. The molecule has 12 heteroatoms. The molecule has 2 fully saturated rings. The number of imide groups is 1. The Labute approximate surface area is 245 Å². The van der Waals surface area contributed by atoms with Crippen LogP contribution in [0.3, 0.4) is 0 Å². The zero-order valence-corrected chi connectivity index (χ0v) is 23.0. The molecule has 3 aromatic rings. The van der Waals surface area contributed by atoms with Crippen LogP contribution in [0.25, 0.3) is 17.3 Å². The fourth-order valence-electron chi connectivity index (χ4n) is 5.30. The first-order chi connectivity index (χ1) is 20.7. The molecule has 3 aliphatic rings. The topological polar surface area (TPSA) is 154 Å². The third-order valence-electron chi connectivity index (χ3n) is 7.60. The van der Waals surface area contributed by atoms with E-state index in [1.165, 1.54) is 30.1 Å². The van der Waals surface area contributed by atoms with Gasteiger partial charge in [0.15, 0.2) is 0 Å². The van der Waals surface area contributed by atoms with E-state index in [-0.39, 0.29) is 22.9 Å². The Hall–Kier alpha value is -5.78. The van der Waals surface area contributed by atoms with E-state index in [0.717, 1.165) is 18.5 Å². The number of benzene rings is 3. The van der Waals surface area contributed by atoms with Crippen LogP contribution in [0, 0.1) is 10.1 Å². The molecule has 0 bridgehead atoms. The van der Waals surface area contributed by atoms with E-state index in [4.69, 9.17) is 0 Å². The van der Waals surface area contributed by atoms with Crippen molar-refractivity contribution >= 4 is 58.2 Å². The monoisotopic (exact) mass is 578 g/mol. The number of nitrogens with one attached hydrogen (secondary N) is 3. The van der Waals surface area contributed by atoms with Crippen LogP contribution in [-0.4, -0.2) is 52.1 Å². The molecule has 2 saturated heterocycles. The smallest absolute Gasteiger partial charge is 0.328 e. The molecule has 0 unspecified atom stereocenters. The second kappa shape index (κ2) is 10.9. The van der Waals surface area contributed by atoms with Crippen LogP contribution < -0.4 is 16.0 Å². The fourth-order valence-corrected chi connectivity index (χ4v) is 5.30. The standard InChI is InChI=1S/C31H26N6O6/c1-35-25(29(39)34-31(35)41)15-18-6-10-21(11-7-18)32-28(20-8-4-19(5-9-20)17-36-14-2-3-26(36)38)27-23-16-22(37(42)43)12-13-24(23)33-30(27)40/h4-13,15-16,32H,2-3,14,17H2,1H3,(H,33,40)(H,34,39,41)/b25-15-,28-27-. The molecule has 12 nitrogen and oxygen atoms in total. The van der Waals surface area contributed by atoms with Gasteiger partial charge in [0.05, 0.1) is 16.2 Å². The number of nitro benzene ring substituents is 1. The summed E-state index contributed by atoms with van der Waals surface area (Å²) in [5.74, 6) is -0.773. The lowest BCUT2D eigenvalue weighted by Crippen LogP contribution is -2.24. The Bertz CT molecular complexity index is 1760. The minimum Gasteiger partial charge on any atom is -0.354 e. The van der Waals surface area contributed by atoms with Crippen LogP contribution >= 0.6 is 0 Å². The molecule has 0 radical (unpaired) electrons. The zero-order valence-electron chi connectivity index (χ0n) is 23.0.